The van der Waals surface area contributed by atoms with Gasteiger partial charge in [0.25, 0.3) is 5.91 Å². The Morgan fingerprint density at radius 3 is 2.71 bits per heavy atom. The van der Waals surface area contributed by atoms with E-state index >= 15 is 0 Å². The van der Waals surface area contributed by atoms with Crippen LogP contribution in [0.1, 0.15) is 43.3 Å². The van der Waals surface area contributed by atoms with Crippen molar-refractivity contribution in [3.63, 3.8) is 0 Å². The smallest absolute Gasteiger partial charge is 0.256 e. The highest BCUT2D eigenvalue weighted by atomic mass is 35.5. The maximum atomic E-state index is 13.7. The number of H-pyrrole nitrogens is 1. The molecule has 0 radical (unpaired) electrons. The van der Waals surface area contributed by atoms with Crippen LogP contribution < -0.4 is 10.2 Å². The molecule has 0 fully saturated rings. The molecule has 0 bridgehead atoms. The number of halogens is 2. The number of hydrogen-bond donors (Lipinski definition) is 2. The van der Waals surface area contributed by atoms with Crippen LogP contribution in [0.25, 0.3) is 0 Å². The van der Waals surface area contributed by atoms with Gasteiger partial charge >= 0.3 is 0 Å². The quantitative estimate of drug-likeness (QED) is 0.509. The first-order chi connectivity index (χ1) is 16.3. The Balaban J connectivity index is 1.71. The van der Waals surface area contributed by atoms with Crippen LogP contribution in [0.5, 0.6) is 0 Å². The molecule has 2 amide bonds. The van der Waals surface area contributed by atoms with Crippen molar-refractivity contribution in [1.82, 2.24) is 25.9 Å². The first-order valence-electron chi connectivity index (χ1n) is 10.8. The molecule has 1 aliphatic rings. The molecule has 0 saturated carbocycles. The third-order valence-corrected chi connectivity index (χ3v) is 5.92. The number of carbonyl (C=O) groups is 2. The summed E-state index contributed by atoms with van der Waals surface area (Å²) in [7, 11) is 0. The summed E-state index contributed by atoms with van der Waals surface area (Å²) >= 11 is 12.9. The number of benzene rings is 2. The minimum Gasteiger partial charge on any atom is -0.355 e. The number of aromatic amines is 1. The molecule has 0 unspecified atom stereocenters. The van der Waals surface area contributed by atoms with E-state index in [0.29, 0.717) is 39.2 Å². The Bertz CT molecular complexity index is 1170. The molecule has 2 N–H and O–H groups in total. The standard InChI is InChI=1S/C23H24Cl2N6O3/c1-13(2)12-31-18-8-7-14(24)9-16(18)22(15-5-3-4-6-17(15)25)34-19(23(31)33)10-21(32)26-11-20-27-29-30-28-20/h3-9,13,19,22H,10-12H2,1-2H3,(H,26,32)(H,27,28,29,30)/t19-,22-/m0/s1. The van der Waals surface area contributed by atoms with E-state index in [-0.39, 0.29) is 30.7 Å². The lowest BCUT2D eigenvalue weighted by atomic mass is 9.99. The predicted octanol–water partition coefficient (Wildman–Crippen LogP) is 3.69. The molecular formula is C23H24Cl2N6O3. The third kappa shape index (κ3) is 5.38. The van der Waals surface area contributed by atoms with Crippen molar-refractivity contribution in [2.75, 3.05) is 11.4 Å². The number of hydrogen-bond acceptors (Lipinski definition) is 6. The lowest BCUT2D eigenvalue weighted by Gasteiger charge is -2.26. The molecule has 0 saturated heterocycles. The number of aromatic nitrogens is 4. The molecular weight excluding hydrogens is 479 g/mol. The highest BCUT2D eigenvalue weighted by molar-refractivity contribution is 6.31. The Kier molecular flexibility index (Phi) is 7.45. The summed E-state index contributed by atoms with van der Waals surface area (Å²) < 4.78 is 6.35. The molecule has 2 aromatic carbocycles. The van der Waals surface area contributed by atoms with Crippen LogP contribution in [-0.4, -0.2) is 45.1 Å². The van der Waals surface area contributed by atoms with Crippen molar-refractivity contribution in [3.8, 4) is 0 Å². The fourth-order valence-corrected chi connectivity index (χ4v) is 4.28. The average molecular weight is 503 g/mol. The minimum absolute atomic E-state index is 0.0791. The Morgan fingerprint density at radius 2 is 2.00 bits per heavy atom. The van der Waals surface area contributed by atoms with Crippen LogP contribution in [0.4, 0.5) is 5.69 Å². The second-order valence-corrected chi connectivity index (χ2v) is 9.22. The van der Waals surface area contributed by atoms with E-state index in [1.807, 2.05) is 38.1 Å². The molecule has 1 aliphatic heterocycles. The summed E-state index contributed by atoms with van der Waals surface area (Å²) in [5.41, 5.74) is 2.08. The zero-order chi connectivity index (χ0) is 24.2. The fraction of sp³-hybridized carbons (Fsp3) is 0.348. The van der Waals surface area contributed by atoms with Crippen LogP contribution in [-0.2, 0) is 20.9 Å². The van der Waals surface area contributed by atoms with Gasteiger partial charge in [0, 0.05) is 33.4 Å². The topological polar surface area (TPSA) is 113 Å². The molecule has 2 heterocycles. The van der Waals surface area contributed by atoms with E-state index in [4.69, 9.17) is 27.9 Å². The van der Waals surface area contributed by atoms with E-state index in [0.717, 1.165) is 0 Å². The van der Waals surface area contributed by atoms with Gasteiger partial charge in [0.2, 0.25) is 5.91 Å². The molecule has 11 heteroatoms. The molecule has 34 heavy (non-hydrogen) atoms. The Labute approximate surface area is 206 Å². The molecule has 3 aromatic rings. The van der Waals surface area contributed by atoms with Crippen LogP contribution in [0.3, 0.4) is 0 Å². The summed E-state index contributed by atoms with van der Waals surface area (Å²) in [5, 5.41) is 17.1. The van der Waals surface area contributed by atoms with Crippen molar-refractivity contribution in [2.45, 2.75) is 39.0 Å². The minimum atomic E-state index is -1.04. The Morgan fingerprint density at radius 1 is 1.21 bits per heavy atom. The molecule has 4 rings (SSSR count). The normalized spacial score (nSPS) is 18.0. The summed E-state index contributed by atoms with van der Waals surface area (Å²) in [6.07, 6.45) is -1.93. The van der Waals surface area contributed by atoms with Gasteiger partial charge in [-0.3, -0.25) is 9.59 Å². The van der Waals surface area contributed by atoms with Crippen molar-refractivity contribution in [3.05, 3.63) is 69.5 Å². The molecule has 1 aromatic heterocycles. The number of ether oxygens (including phenoxy) is 1. The summed E-state index contributed by atoms with van der Waals surface area (Å²) in [6, 6.07) is 12.6. The van der Waals surface area contributed by atoms with E-state index in [9.17, 15) is 9.59 Å². The van der Waals surface area contributed by atoms with Gasteiger partial charge in [0.05, 0.1) is 13.0 Å². The number of amides is 2. The van der Waals surface area contributed by atoms with Crippen LogP contribution >= 0.6 is 23.2 Å². The number of nitrogens with zero attached hydrogens (tertiary/aromatic N) is 4. The number of anilines is 1. The lowest BCUT2D eigenvalue weighted by Crippen LogP contribution is -2.43. The number of tetrazole rings is 1. The van der Waals surface area contributed by atoms with Gasteiger partial charge < -0.3 is 15.0 Å². The number of rotatable bonds is 7. The van der Waals surface area contributed by atoms with Gasteiger partial charge in [0.1, 0.15) is 12.2 Å². The van der Waals surface area contributed by atoms with E-state index in [1.54, 1.807) is 23.1 Å². The van der Waals surface area contributed by atoms with Gasteiger partial charge in [-0.15, -0.1) is 10.2 Å². The molecule has 178 valence electrons. The predicted molar refractivity (Wildman–Crippen MR) is 127 cm³/mol. The van der Waals surface area contributed by atoms with Crippen LogP contribution in [0.15, 0.2) is 42.5 Å². The maximum absolute atomic E-state index is 13.7. The zero-order valence-electron chi connectivity index (χ0n) is 18.7. The largest absolute Gasteiger partial charge is 0.355 e. The van der Waals surface area contributed by atoms with Crippen molar-refractivity contribution in [1.29, 1.82) is 0 Å². The SMILES string of the molecule is CC(C)CN1C(=O)[C@H](CC(=O)NCc2nn[nH]n2)O[C@@H](c2ccccc2Cl)c2cc(Cl)ccc21. The van der Waals surface area contributed by atoms with E-state index in [2.05, 4.69) is 25.9 Å². The fourth-order valence-electron chi connectivity index (χ4n) is 3.86. The average Bonchev–Trinajstić information content (AvgIpc) is 3.30. The van der Waals surface area contributed by atoms with Gasteiger partial charge in [-0.1, -0.05) is 60.5 Å². The Hall–Kier alpha value is -3.01. The monoisotopic (exact) mass is 502 g/mol. The molecule has 9 nitrogen and oxygen atoms in total. The molecule has 0 aliphatic carbocycles. The van der Waals surface area contributed by atoms with Crippen molar-refractivity contribution in [2.24, 2.45) is 5.92 Å². The van der Waals surface area contributed by atoms with Crippen molar-refractivity contribution < 1.29 is 14.3 Å². The van der Waals surface area contributed by atoms with E-state index < -0.39 is 12.2 Å². The van der Waals surface area contributed by atoms with Crippen LogP contribution in [0.2, 0.25) is 10.0 Å². The summed E-state index contributed by atoms with van der Waals surface area (Å²) in [4.78, 5) is 28.1. The van der Waals surface area contributed by atoms with Crippen LogP contribution in [0, 0.1) is 5.92 Å². The number of fused-ring (bicyclic) bond motifs is 1. The second kappa shape index (κ2) is 10.5. The second-order valence-electron chi connectivity index (χ2n) is 8.38. The van der Waals surface area contributed by atoms with Crippen molar-refractivity contribution >= 4 is 40.7 Å². The summed E-state index contributed by atoms with van der Waals surface area (Å²) in [5.74, 6) is -0.174. The lowest BCUT2D eigenvalue weighted by molar-refractivity contribution is -0.138. The molecule has 0 spiro atoms. The highest BCUT2D eigenvalue weighted by Gasteiger charge is 2.38. The zero-order valence-corrected chi connectivity index (χ0v) is 20.2. The van der Waals surface area contributed by atoms with Gasteiger partial charge in [-0.2, -0.15) is 5.21 Å². The summed E-state index contributed by atoms with van der Waals surface area (Å²) in [6.45, 7) is 4.57. The van der Waals surface area contributed by atoms with Gasteiger partial charge in [0.15, 0.2) is 5.82 Å². The van der Waals surface area contributed by atoms with Gasteiger partial charge in [-0.25, -0.2) is 0 Å². The first-order valence-corrected chi connectivity index (χ1v) is 11.6. The maximum Gasteiger partial charge on any atom is 0.256 e. The van der Waals surface area contributed by atoms with E-state index in [1.165, 1.54) is 0 Å². The highest BCUT2D eigenvalue weighted by Crippen LogP contribution is 2.42. The molecule has 2 atom stereocenters. The number of nitrogens with one attached hydrogen (secondary N) is 2. The van der Waals surface area contributed by atoms with Gasteiger partial charge in [-0.05, 0) is 30.2 Å². The first kappa shape index (κ1) is 24.1. The number of carbonyl (C=O) groups excluding carboxylic acids is 2. The third-order valence-electron chi connectivity index (χ3n) is 5.34.